The smallest absolute Gasteiger partial charge is 0.348 e. The van der Waals surface area contributed by atoms with E-state index in [1.54, 1.807) is 0 Å². The van der Waals surface area contributed by atoms with Crippen molar-refractivity contribution in [3.8, 4) is 0 Å². The molecule has 1 saturated heterocycles. The normalized spacial score (nSPS) is 17.3. The van der Waals surface area contributed by atoms with E-state index in [1.807, 2.05) is 11.4 Å². The molecule has 0 radical (unpaired) electrons. The van der Waals surface area contributed by atoms with Gasteiger partial charge in [0, 0.05) is 19.6 Å². The van der Waals surface area contributed by atoms with Crippen molar-refractivity contribution < 1.29 is 14.3 Å². The summed E-state index contributed by atoms with van der Waals surface area (Å²) in [6.45, 7) is 4.21. The first-order valence-electron chi connectivity index (χ1n) is 5.26. The lowest BCUT2D eigenvalue weighted by Crippen LogP contribution is -2.35. The van der Waals surface area contributed by atoms with Crippen molar-refractivity contribution in [1.29, 1.82) is 0 Å². The maximum atomic E-state index is 11.5. The predicted octanol–water partition coefficient (Wildman–Crippen LogP) is 1.37. The molecule has 2 rings (SSSR count). The SMILES string of the molecule is COC(=O)c1sccc1CN1CCOCC1. The molecule has 4 nitrogen and oxygen atoms in total. The number of carbonyl (C=O) groups is 1. The van der Waals surface area contributed by atoms with E-state index in [1.165, 1.54) is 18.4 Å². The summed E-state index contributed by atoms with van der Waals surface area (Å²) in [4.78, 5) is 14.5. The lowest BCUT2D eigenvalue weighted by atomic mass is 10.2. The fourth-order valence-electron chi connectivity index (χ4n) is 1.73. The molecule has 0 atom stereocenters. The highest BCUT2D eigenvalue weighted by Crippen LogP contribution is 2.20. The minimum atomic E-state index is -0.238. The fraction of sp³-hybridized carbons (Fsp3) is 0.545. The Kier molecular flexibility index (Phi) is 3.93. The molecule has 0 aromatic carbocycles. The van der Waals surface area contributed by atoms with Crippen LogP contribution in [0.15, 0.2) is 11.4 Å². The van der Waals surface area contributed by atoms with E-state index >= 15 is 0 Å². The number of esters is 1. The van der Waals surface area contributed by atoms with Crippen molar-refractivity contribution in [2.45, 2.75) is 6.54 Å². The van der Waals surface area contributed by atoms with E-state index in [9.17, 15) is 4.79 Å². The molecule has 1 fully saturated rings. The molecular formula is C11H15NO3S. The number of rotatable bonds is 3. The van der Waals surface area contributed by atoms with E-state index in [-0.39, 0.29) is 5.97 Å². The van der Waals surface area contributed by atoms with Gasteiger partial charge in [-0.1, -0.05) is 0 Å². The number of thiophene rings is 1. The lowest BCUT2D eigenvalue weighted by Gasteiger charge is -2.26. The molecule has 1 aliphatic heterocycles. The van der Waals surface area contributed by atoms with E-state index < -0.39 is 0 Å². The van der Waals surface area contributed by atoms with E-state index in [0.29, 0.717) is 4.88 Å². The van der Waals surface area contributed by atoms with Gasteiger partial charge in [0.1, 0.15) is 4.88 Å². The maximum Gasteiger partial charge on any atom is 0.348 e. The van der Waals surface area contributed by atoms with Crippen molar-refractivity contribution in [3.05, 3.63) is 21.9 Å². The highest BCUT2D eigenvalue weighted by atomic mass is 32.1. The topological polar surface area (TPSA) is 38.8 Å². The third kappa shape index (κ3) is 2.61. The van der Waals surface area contributed by atoms with Crippen LogP contribution in [0.3, 0.4) is 0 Å². The molecule has 5 heteroatoms. The predicted molar refractivity (Wildman–Crippen MR) is 61.8 cm³/mol. The van der Waals surface area contributed by atoms with Gasteiger partial charge in [0.05, 0.1) is 20.3 Å². The Bertz CT molecular complexity index is 358. The third-order valence-corrected chi connectivity index (χ3v) is 3.55. The van der Waals surface area contributed by atoms with Crippen LogP contribution >= 0.6 is 11.3 Å². The minimum absolute atomic E-state index is 0.238. The van der Waals surface area contributed by atoms with Gasteiger partial charge >= 0.3 is 5.97 Å². The molecule has 16 heavy (non-hydrogen) atoms. The molecule has 0 unspecified atom stereocenters. The van der Waals surface area contributed by atoms with Gasteiger partial charge < -0.3 is 9.47 Å². The highest BCUT2D eigenvalue weighted by molar-refractivity contribution is 7.12. The van der Waals surface area contributed by atoms with Crippen LogP contribution in [0.1, 0.15) is 15.2 Å². The third-order valence-electron chi connectivity index (χ3n) is 2.62. The summed E-state index contributed by atoms with van der Waals surface area (Å²) in [5.41, 5.74) is 1.05. The van der Waals surface area contributed by atoms with E-state index in [4.69, 9.17) is 9.47 Å². The molecular weight excluding hydrogens is 226 g/mol. The number of morpholine rings is 1. The van der Waals surface area contributed by atoms with Gasteiger partial charge in [-0.15, -0.1) is 11.3 Å². The molecule has 2 heterocycles. The molecule has 0 amide bonds. The van der Waals surface area contributed by atoms with Gasteiger partial charge in [0.25, 0.3) is 0 Å². The first-order chi connectivity index (χ1) is 7.81. The summed E-state index contributed by atoms with van der Waals surface area (Å²) in [5, 5.41) is 1.93. The first kappa shape index (κ1) is 11.6. The van der Waals surface area contributed by atoms with Gasteiger partial charge in [0.15, 0.2) is 0 Å². The second-order valence-electron chi connectivity index (χ2n) is 3.66. The zero-order valence-corrected chi connectivity index (χ0v) is 10.1. The number of ether oxygens (including phenoxy) is 2. The average molecular weight is 241 g/mol. The van der Waals surface area contributed by atoms with Gasteiger partial charge in [-0.25, -0.2) is 4.79 Å². The Labute approximate surface area is 98.8 Å². The standard InChI is InChI=1S/C11H15NO3S/c1-14-11(13)10-9(2-7-16-10)8-12-3-5-15-6-4-12/h2,7H,3-6,8H2,1H3. The van der Waals surface area contributed by atoms with Crippen molar-refractivity contribution in [1.82, 2.24) is 4.90 Å². The lowest BCUT2D eigenvalue weighted by molar-refractivity contribution is 0.0339. The van der Waals surface area contributed by atoms with Crippen LogP contribution < -0.4 is 0 Å². The van der Waals surface area contributed by atoms with Crippen molar-refractivity contribution in [2.24, 2.45) is 0 Å². The Morgan fingerprint density at radius 1 is 1.56 bits per heavy atom. The monoisotopic (exact) mass is 241 g/mol. The highest BCUT2D eigenvalue weighted by Gasteiger charge is 2.17. The Hall–Kier alpha value is -0.910. The van der Waals surface area contributed by atoms with E-state index in [0.717, 1.165) is 38.4 Å². The second kappa shape index (κ2) is 5.43. The van der Waals surface area contributed by atoms with Gasteiger partial charge in [-0.05, 0) is 17.0 Å². The molecule has 88 valence electrons. The summed E-state index contributed by atoms with van der Waals surface area (Å²) in [7, 11) is 1.42. The second-order valence-corrected chi connectivity index (χ2v) is 4.57. The summed E-state index contributed by atoms with van der Waals surface area (Å²) in [5.74, 6) is -0.238. The average Bonchev–Trinajstić information content (AvgIpc) is 2.77. The maximum absolute atomic E-state index is 11.5. The van der Waals surface area contributed by atoms with Crippen LogP contribution in [-0.4, -0.2) is 44.3 Å². The van der Waals surface area contributed by atoms with Gasteiger partial charge in [0.2, 0.25) is 0 Å². The zero-order valence-electron chi connectivity index (χ0n) is 9.27. The summed E-state index contributed by atoms with van der Waals surface area (Å²) in [6.07, 6.45) is 0. The summed E-state index contributed by atoms with van der Waals surface area (Å²) in [6, 6.07) is 1.99. The van der Waals surface area contributed by atoms with Crippen molar-refractivity contribution in [2.75, 3.05) is 33.4 Å². The molecule has 1 aromatic heterocycles. The summed E-state index contributed by atoms with van der Waals surface area (Å²) < 4.78 is 10.0. The number of hydrogen-bond acceptors (Lipinski definition) is 5. The Balaban J connectivity index is 2.03. The molecule has 0 N–H and O–H groups in total. The van der Waals surface area contributed by atoms with Gasteiger partial charge in [-0.2, -0.15) is 0 Å². The van der Waals surface area contributed by atoms with Crippen molar-refractivity contribution >= 4 is 17.3 Å². The Morgan fingerprint density at radius 3 is 3.00 bits per heavy atom. The van der Waals surface area contributed by atoms with Crippen LogP contribution in [-0.2, 0) is 16.0 Å². The first-order valence-corrected chi connectivity index (χ1v) is 6.14. The van der Waals surface area contributed by atoms with Crippen molar-refractivity contribution in [3.63, 3.8) is 0 Å². The number of carbonyl (C=O) groups excluding carboxylic acids is 1. The molecule has 0 bridgehead atoms. The zero-order chi connectivity index (χ0) is 11.4. The van der Waals surface area contributed by atoms with Crippen LogP contribution in [0.4, 0.5) is 0 Å². The molecule has 1 aromatic rings. The van der Waals surface area contributed by atoms with Gasteiger partial charge in [-0.3, -0.25) is 4.90 Å². The van der Waals surface area contributed by atoms with Crippen LogP contribution in [0, 0.1) is 0 Å². The molecule has 0 aliphatic carbocycles. The van der Waals surface area contributed by atoms with E-state index in [2.05, 4.69) is 4.90 Å². The van der Waals surface area contributed by atoms with Crippen LogP contribution in [0.25, 0.3) is 0 Å². The summed E-state index contributed by atoms with van der Waals surface area (Å²) >= 11 is 1.44. The number of nitrogens with zero attached hydrogens (tertiary/aromatic N) is 1. The quantitative estimate of drug-likeness (QED) is 0.749. The Morgan fingerprint density at radius 2 is 2.31 bits per heavy atom. The molecule has 0 saturated carbocycles. The number of methoxy groups -OCH3 is 1. The van der Waals surface area contributed by atoms with Crippen LogP contribution in [0.5, 0.6) is 0 Å². The number of hydrogen-bond donors (Lipinski definition) is 0. The molecule has 0 spiro atoms. The largest absolute Gasteiger partial charge is 0.465 e. The minimum Gasteiger partial charge on any atom is -0.465 e. The molecule has 1 aliphatic rings. The fourth-order valence-corrected chi connectivity index (χ4v) is 2.56. The van der Waals surface area contributed by atoms with Crippen LogP contribution in [0.2, 0.25) is 0 Å².